The highest BCUT2D eigenvalue weighted by Crippen LogP contribution is 2.61. The molecule has 3 nitrogen and oxygen atoms in total. The van der Waals surface area contributed by atoms with Crippen LogP contribution in [-0.2, 0) is 10.8 Å². The van der Waals surface area contributed by atoms with Crippen LogP contribution in [0.4, 0.5) is 28.4 Å². The highest BCUT2D eigenvalue weighted by atomic mass is 15.4. The van der Waals surface area contributed by atoms with Gasteiger partial charge in [-0.05, 0) is 92.4 Å². The molecule has 5 aromatic rings. The van der Waals surface area contributed by atoms with E-state index in [0.29, 0.717) is 23.7 Å². The Bertz CT molecular complexity index is 2080. The van der Waals surface area contributed by atoms with Gasteiger partial charge in [0.05, 0.1) is 28.4 Å². The van der Waals surface area contributed by atoms with Crippen molar-refractivity contribution in [3.8, 4) is 0 Å². The molecule has 1 radical (unpaired) electrons. The smallest absolute Gasteiger partial charge is 0.195 e. The molecule has 0 atom stereocenters. The first-order valence-electron chi connectivity index (χ1n) is 20.2. The van der Waals surface area contributed by atoms with Gasteiger partial charge in [0.2, 0.25) is 0 Å². The Morgan fingerprint density at radius 3 is 1.11 bits per heavy atom. The van der Waals surface area contributed by atoms with E-state index in [4.69, 9.17) is 0 Å². The average molecular weight is 713 g/mol. The predicted octanol–water partition coefficient (Wildman–Crippen LogP) is 14.3. The third kappa shape index (κ3) is 5.29. The molecule has 3 aliphatic heterocycles. The lowest BCUT2D eigenvalue weighted by atomic mass is 9.65. The molecule has 54 heavy (non-hydrogen) atoms. The molecular weight excluding hydrogens is 655 g/mol. The van der Waals surface area contributed by atoms with Crippen LogP contribution in [0.25, 0.3) is 0 Å². The SMILES string of the molecule is CC(C)c1cccc(C(C)C)c1N1C=CN(c2c(C(C)C)cccc2C(C)C)[C]1c1cc2c3c(c1)C(C)(C)c1ccccc1N3c1ccccc1C2(C)C. The largest absolute Gasteiger partial charge is 0.314 e. The Labute approximate surface area is 325 Å². The van der Waals surface area contributed by atoms with Crippen LogP contribution in [-0.4, -0.2) is 0 Å². The summed E-state index contributed by atoms with van der Waals surface area (Å²) in [5.74, 6) is 1.45. The maximum Gasteiger partial charge on any atom is 0.195 e. The van der Waals surface area contributed by atoms with E-state index < -0.39 is 0 Å². The number of hydrogen-bond acceptors (Lipinski definition) is 3. The number of rotatable bonds is 7. The molecule has 3 heteroatoms. The normalized spacial score (nSPS) is 16.9. The predicted molar refractivity (Wildman–Crippen MR) is 231 cm³/mol. The zero-order chi connectivity index (χ0) is 38.4. The van der Waals surface area contributed by atoms with Gasteiger partial charge in [-0.25, -0.2) is 0 Å². The van der Waals surface area contributed by atoms with Crippen molar-refractivity contribution in [2.24, 2.45) is 0 Å². The molecule has 277 valence electrons. The van der Waals surface area contributed by atoms with Crippen LogP contribution in [0.2, 0.25) is 0 Å². The molecular formula is C51H58N3. The molecule has 0 spiro atoms. The third-order valence-corrected chi connectivity index (χ3v) is 12.6. The number of benzene rings is 5. The van der Waals surface area contributed by atoms with Crippen LogP contribution in [0, 0.1) is 6.17 Å². The van der Waals surface area contributed by atoms with E-state index in [0.717, 1.165) is 0 Å². The molecule has 0 unspecified atom stereocenters. The Morgan fingerprint density at radius 1 is 0.407 bits per heavy atom. The zero-order valence-corrected chi connectivity index (χ0v) is 34.5. The number of hydrogen-bond donors (Lipinski definition) is 0. The second-order valence-electron chi connectivity index (χ2n) is 18.1. The van der Waals surface area contributed by atoms with Gasteiger partial charge in [0.1, 0.15) is 0 Å². The minimum absolute atomic E-state index is 0.227. The fourth-order valence-electron chi connectivity index (χ4n) is 9.62. The van der Waals surface area contributed by atoms with E-state index in [1.807, 2.05) is 0 Å². The summed E-state index contributed by atoms with van der Waals surface area (Å²) in [4.78, 5) is 7.66. The van der Waals surface area contributed by atoms with E-state index in [9.17, 15) is 0 Å². The third-order valence-electron chi connectivity index (χ3n) is 12.6. The number of nitrogens with zero attached hydrogens (tertiary/aromatic N) is 3. The fraction of sp³-hybridized carbons (Fsp3) is 0.353. The summed E-state index contributed by atoms with van der Waals surface area (Å²) < 4.78 is 0. The number of para-hydroxylation sites is 4. The molecule has 0 saturated carbocycles. The van der Waals surface area contributed by atoms with Crippen molar-refractivity contribution >= 4 is 28.4 Å². The van der Waals surface area contributed by atoms with Gasteiger partial charge < -0.3 is 14.7 Å². The van der Waals surface area contributed by atoms with Gasteiger partial charge in [-0.15, -0.1) is 0 Å². The second kappa shape index (κ2) is 12.9. The first kappa shape index (κ1) is 36.2. The van der Waals surface area contributed by atoms with Gasteiger partial charge in [0.25, 0.3) is 0 Å². The highest BCUT2D eigenvalue weighted by molar-refractivity contribution is 5.93. The lowest BCUT2D eigenvalue weighted by Gasteiger charge is -2.50. The molecule has 5 aromatic carbocycles. The summed E-state index contributed by atoms with van der Waals surface area (Å²) >= 11 is 0. The van der Waals surface area contributed by atoms with E-state index in [1.54, 1.807) is 0 Å². The fourth-order valence-corrected chi connectivity index (χ4v) is 9.62. The van der Waals surface area contributed by atoms with Crippen molar-refractivity contribution in [3.63, 3.8) is 0 Å². The maximum atomic E-state index is 2.57. The quantitative estimate of drug-likeness (QED) is 0.166. The van der Waals surface area contributed by atoms with E-state index in [-0.39, 0.29) is 10.8 Å². The van der Waals surface area contributed by atoms with Crippen LogP contribution in [0.5, 0.6) is 0 Å². The second-order valence-corrected chi connectivity index (χ2v) is 18.1. The minimum Gasteiger partial charge on any atom is -0.314 e. The van der Waals surface area contributed by atoms with Gasteiger partial charge in [0, 0.05) is 28.8 Å². The average Bonchev–Trinajstić information content (AvgIpc) is 3.58. The van der Waals surface area contributed by atoms with Crippen LogP contribution in [0.15, 0.2) is 109 Å². The van der Waals surface area contributed by atoms with E-state index in [1.165, 1.54) is 84.7 Å². The maximum absolute atomic E-state index is 2.57. The highest BCUT2D eigenvalue weighted by Gasteiger charge is 2.47. The molecule has 8 rings (SSSR count). The van der Waals surface area contributed by atoms with E-state index >= 15 is 0 Å². The molecule has 0 bridgehead atoms. The first-order chi connectivity index (χ1) is 25.7. The Kier molecular flexibility index (Phi) is 8.68. The molecule has 0 aliphatic carbocycles. The zero-order valence-electron chi connectivity index (χ0n) is 34.5. The summed E-state index contributed by atoms with van der Waals surface area (Å²) in [5, 5.41) is 0. The molecule has 0 fully saturated rings. The minimum atomic E-state index is -0.227. The number of fused-ring (bicyclic) bond motifs is 4. The van der Waals surface area contributed by atoms with Gasteiger partial charge in [-0.1, -0.05) is 156 Å². The van der Waals surface area contributed by atoms with Crippen LogP contribution in [0.3, 0.4) is 0 Å². The monoisotopic (exact) mass is 712 g/mol. The molecule has 0 N–H and O–H groups in total. The summed E-state index contributed by atoms with van der Waals surface area (Å²) in [6.45, 7) is 28.4. The standard InChI is InChI=1S/C51H58N3/c1-31(2)36-19-17-20-37(32(3)4)46(36)52-27-28-53(47-38(33(5)6)21-18-22-39(47)34(7)8)49(52)35-29-42-48-43(30-35)51(11,12)41-24-14-16-26-45(41)54(48)44-25-15-13-23-40(44)50(42,9)10/h13-34H,1-12H3. The van der Waals surface area contributed by atoms with Crippen molar-refractivity contribution in [1.29, 1.82) is 0 Å². The number of anilines is 5. The Hall–Kier alpha value is -4.76. The summed E-state index contributed by atoms with van der Waals surface area (Å²) in [7, 11) is 0. The van der Waals surface area contributed by atoms with Crippen molar-refractivity contribution < 1.29 is 0 Å². The molecule has 0 amide bonds. The van der Waals surface area contributed by atoms with Gasteiger partial charge in [-0.2, -0.15) is 0 Å². The Balaban J connectivity index is 1.47. The van der Waals surface area contributed by atoms with Crippen molar-refractivity contribution in [3.05, 3.63) is 166 Å². The van der Waals surface area contributed by atoms with Crippen molar-refractivity contribution in [2.75, 3.05) is 14.7 Å². The molecule has 0 saturated heterocycles. The summed E-state index contributed by atoms with van der Waals surface area (Å²) in [5.41, 5.74) is 18.3. The van der Waals surface area contributed by atoms with Crippen molar-refractivity contribution in [2.45, 2.75) is 118 Å². The van der Waals surface area contributed by atoms with E-state index in [2.05, 4.69) is 207 Å². The molecule has 0 aromatic heterocycles. The summed E-state index contributed by atoms with van der Waals surface area (Å²) in [6, 6.07) is 37.1. The topological polar surface area (TPSA) is 9.72 Å². The van der Waals surface area contributed by atoms with Gasteiger partial charge in [0.15, 0.2) is 6.17 Å². The molecule has 3 aliphatic rings. The lowest BCUT2D eigenvalue weighted by Crippen LogP contribution is -2.40. The van der Waals surface area contributed by atoms with Crippen molar-refractivity contribution in [1.82, 2.24) is 0 Å². The van der Waals surface area contributed by atoms with Crippen LogP contribution >= 0.6 is 0 Å². The van der Waals surface area contributed by atoms with Gasteiger partial charge in [-0.3, -0.25) is 0 Å². The molecule has 3 heterocycles. The van der Waals surface area contributed by atoms with Crippen LogP contribution < -0.4 is 14.7 Å². The van der Waals surface area contributed by atoms with Gasteiger partial charge >= 0.3 is 0 Å². The first-order valence-corrected chi connectivity index (χ1v) is 20.2. The van der Waals surface area contributed by atoms with Crippen LogP contribution in [0.1, 0.15) is 157 Å². The summed E-state index contributed by atoms with van der Waals surface area (Å²) in [6.07, 6.45) is 5.90. The lowest BCUT2D eigenvalue weighted by molar-refractivity contribution is 0.595. The Morgan fingerprint density at radius 2 is 0.759 bits per heavy atom.